The maximum absolute atomic E-state index is 9.39. The van der Waals surface area contributed by atoms with E-state index in [1.807, 2.05) is 0 Å². The molecule has 0 aromatic rings. The third kappa shape index (κ3) is 0.644. The third-order valence-electron chi connectivity index (χ3n) is 3.32. The van der Waals surface area contributed by atoms with Crippen molar-refractivity contribution < 1.29 is 5.11 Å². The quantitative estimate of drug-likeness (QED) is 0.520. The van der Waals surface area contributed by atoms with Gasteiger partial charge in [0.25, 0.3) is 0 Å². The first-order valence-electron chi connectivity index (χ1n) is 3.97. The highest BCUT2D eigenvalue weighted by atomic mass is 16.3. The maximum atomic E-state index is 9.39. The number of rotatable bonds is 0. The van der Waals surface area contributed by atoms with Crippen LogP contribution in [-0.4, -0.2) is 11.2 Å². The van der Waals surface area contributed by atoms with Crippen LogP contribution < -0.4 is 0 Å². The van der Waals surface area contributed by atoms with Crippen LogP contribution in [0.15, 0.2) is 0 Å². The van der Waals surface area contributed by atoms with Crippen molar-refractivity contribution >= 4 is 0 Å². The molecule has 0 unspecified atom stereocenters. The first-order valence-corrected chi connectivity index (χ1v) is 3.97. The third-order valence-corrected chi connectivity index (χ3v) is 3.32. The van der Waals surface area contributed by atoms with Gasteiger partial charge in [0.15, 0.2) is 0 Å². The Hall–Kier alpha value is -0.0400. The van der Waals surface area contributed by atoms with Crippen molar-refractivity contribution in [1.82, 2.24) is 0 Å². The Labute approximate surface area is 56.1 Å². The zero-order chi connectivity index (χ0) is 6.43. The number of aliphatic hydroxyl groups excluding tert-OH is 1. The van der Waals surface area contributed by atoms with Crippen molar-refractivity contribution in [3.63, 3.8) is 0 Å². The molecule has 4 atom stereocenters. The molecule has 0 saturated heterocycles. The Bertz CT molecular complexity index is 116. The van der Waals surface area contributed by atoms with E-state index in [9.17, 15) is 5.11 Å². The molecule has 3 aliphatic rings. The van der Waals surface area contributed by atoms with Crippen LogP contribution in [0.2, 0.25) is 0 Å². The summed E-state index contributed by atoms with van der Waals surface area (Å²) in [6, 6.07) is 0. The molecule has 1 heteroatoms. The summed E-state index contributed by atoms with van der Waals surface area (Å²) in [6.45, 7) is 2.28. The molecule has 0 aromatic heterocycles. The summed E-state index contributed by atoms with van der Waals surface area (Å²) in [5.74, 6) is 2.47. The molecular weight excluding hydrogens is 112 g/mol. The summed E-state index contributed by atoms with van der Waals surface area (Å²) in [5.41, 5.74) is 0. The van der Waals surface area contributed by atoms with Gasteiger partial charge in [-0.2, -0.15) is 0 Å². The van der Waals surface area contributed by atoms with Crippen molar-refractivity contribution in [1.29, 1.82) is 0 Å². The molecule has 0 heterocycles. The van der Waals surface area contributed by atoms with E-state index in [1.165, 1.54) is 12.8 Å². The SMILES string of the molecule is C[C@@H]1[C@H]2CC[C@@H](O)[C@@H]1C2. The Morgan fingerprint density at radius 3 is 2.44 bits per heavy atom. The zero-order valence-corrected chi connectivity index (χ0v) is 5.88. The molecule has 3 rings (SSSR count). The second kappa shape index (κ2) is 1.72. The van der Waals surface area contributed by atoms with Gasteiger partial charge in [0, 0.05) is 0 Å². The monoisotopic (exact) mass is 126 g/mol. The van der Waals surface area contributed by atoms with E-state index in [1.54, 1.807) is 0 Å². The molecule has 2 bridgehead atoms. The number of fused-ring (bicyclic) bond motifs is 2. The van der Waals surface area contributed by atoms with E-state index in [0.717, 1.165) is 18.3 Å². The fraction of sp³-hybridized carbons (Fsp3) is 1.00. The van der Waals surface area contributed by atoms with Crippen molar-refractivity contribution in [2.75, 3.05) is 0 Å². The lowest BCUT2D eigenvalue weighted by atomic mass is 9.57. The standard InChI is InChI=1S/C8H14O/c1-5-6-2-3-8(9)7(5)4-6/h5-9H,2-4H2,1H3/t5-,6+,7-,8-/m1/s1. The van der Waals surface area contributed by atoms with E-state index in [0.29, 0.717) is 5.92 Å². The minimum Gasteiger partial charge on any atom is -0.393 e. The van der Waals surface area contributed by atoms with Crippen LogP contribution in [-0.2, 0) is 0 Å². The molecule has 0 radical (unpaired) electrons. The molecule has 1 N–H and O–H groups in total. The Morgan fingerprint density at radius 1 is 1.33 bits per heavy atom. The van der Waals surface area contributed by atoms with E-state index < -0.39 is 0 Å². The first-order chi connectivity index (χ1) is 4.29. The Morgan fingerprint density at radius 2 is 2.11 bits per heavy atom. The predicted octanol–water partition coefficient (Wildman–Crippen LogP) is 1.41. The fourth-order valence-corrected chi connectivity index (χ4v) is 2.42. The zero-order valence-electron chi connectivity index (χ0n) is 5.88. The van der Waals surface area contributed by atoms with Crippen LogP contribution in [0, 0.1) is 17.8 Å². The maximum Gasteiger partial charge on any atom is 0.0571 e. The molecule has 3 fully saturated rings. The molecule has 0 spiro atoms. The highest BCUT2D eigenvalue weighted by Gasteiger charge is 2.45. The van der Waals surface area contributed by atoms with Crippen LogP contribution >= 0.6 is 0 Å². The van der Waals surface area contributed by atoms with Gasteiger partial charge in [-0.25, -0.2) is 0 Å². The van der Waals surface area contributed by atoms with Gasteiger partial charge in [0.2, 0.25) is 0 Å². The minimum absolute atomic E-state index is 0.0463. The smallest absolute Gasteiger partial charge is 0.0571 e. The molecule has 9 heavy (non-hydrogen) atoms. The summed E-state index contributed by atoms with van der Waals surface area (Å²) in [4.78, 5) is 0. The van der Waals surface area contributed by atoms with Gasteiger partial charge < -0.3 is 5.11 Å². The second-order valence-corrected chi connectivity index (χ2v) is 3.66. The first kappa shape index (κ1) is 5.72. The van der Waals surface area contributed by atoms with Gasteiger partial charge in [-0.3, -0.25) is 0 Å². The topological polar surface area (TPSA) is 20.2 Å². The lowest BCUT2D eigenvalue weighted by Gasteiger charge is -2.50. The molecule has 3 aliphatic carbocycles. The van der Waals surface area contributed by atoms with Crippen molar-refractivity contribution in [3.05, 3.63) is 0 Å². The van der Waals surface area contributed by atoms with Gasteiger partial charge in [-0.1, -0.05) is 6.92 Å². The highest BCUT2D eigenvalue weighted by Crippen LogP contribution is 2.50. The number of hydrogen-bond donors (Lipinski definition) is 1. The van der Waals surface area contributed by atoms with Gasteiger partial charge >= 0.3 is 0 Å². The van der Waals surface area contributed by atoms with E-state index in [-0.39, 0.29) is 6.10 Å². The van der Waals surface area contributed by atoms with Crippen molar-refractivity contribution in [2.24, 2.45) is 17.8 Å². The largest absolute Gasteiger partial charge is 0.393 e. The molecule has 0 aromatic carbocycles. The minimum atomic E-state index is 0.0463. The van der Waals surface area contributed by atoms with Gasteiger partial charge in [-0.15, -0.1) is 0 Å². The number of aliphatic hydroxyl groups is 1. The van der Waals surface area contributed by atoms with E-state index >= 15 is 0 Å². The second-order valence-electron chi connectivity index (χ2n) is 3.66. The summed E-state index contributed by atoms with van der Waals surface area (Å²) in [6.07, 6.45) is 3.70. The van der Waals surface area contributed by atoms with Gasteiger partial charge in [0.1, 0.15) is 0 Å². The highest BCUT2D eigenvalue weighted by molar-refractivity contribution is 4.95. The predicted molar refractivity (Wildman–Crippen MR) is 36.0 cm³/mol. The Kier molecular flexibility index (Phi) is 1.10. The molecule has 3 saturated carbocycles. The molecule has 52 valence electrons. The van der Waals surface area contributed by atoms with Crippen LogP contribution in [0.25, 0.3) is 0 Å². The lowest BCUT2D eigenvalue weighted by Crippen LogP contribution is -2.47. The Balaban J connectivity index is 2.06. The molecular formula is C8H14O. The van der Waals surface area contributed by atoms with Crippen LogP contribution in [0.5, 0.6) is 0 Å². The number of hydrogen-bond acceptors (Lipinski definition) is 1. The van der Waals surface area contributed by atoms with Gasteiger partial charge in [-0.05, 0) is 37.0 Å². The summed E-state index contributed by atoms with van der Waals surface area (Å²) >= 11 is 0. The van der Waals surface area contributed by atoms with E-state index in [2.05, 4.69) is 6.92 Å². The van der Waals surface area contributed by atoms with Crippen LogP contribution in [0.4, 0.5) is 0 Å². The average Bonchev–Trinajstić information content (AvgIpc) is 1.86. The summed E-state index contributed by atoms with van der Waals surface area (Å²) < 4.78 is 0. The molecule has 1 nitrogen and oxygen atoms in total. The molecule has 0 aliphatic heterocycles. The summed E-state index contributed by atoms with van der Waals surface area (Å²) in [5, 5.41) is 9.39. The fourth-order valence-electron chi connectivity index (χ4n) is 2.42. The van der Waals surface area contributed by atoms with E-state index in [4.69, 9.17) is 0 Å². The lowest BCUT2D eigenvalue weighted by molar-refractivity contribution is -0.0775. The average molecular weight is 126 g/mol. The normalized spacial score (nSPS) is 56.7. The van der Waals surface area contributed by atoms with Crippen LogP contribution in [0.3, 0.4) is 0 Å². The van der Waals surface area contributed by atoms with Crippen molar-refractivity contribution in [3.8, 4) is 0 Å². The van der Waals surface area contributed by atoms with Crippen LogP contribution in [0.1, 0.15) is 26.2 Å². The summed E-state index contributed by atoms with van der Waals surface area (Å²) in [7, 11) is 0. The molecule has 0 amide bonds. The van der Waals surface area contributed by atoms with Crippen molar-refractivity contribution in [2.45, 2.75) is 32.3 Å². The van der Waals surface area contributed by atoms with Gasteiger partial charge in [0.05, 0.1) is 6.10 Å².